The molecule has 0 aliphatic rings. The highest BCUT2D eigenvalue weighted by molar-refractivity contribution is 7.99. The van der Waals surface area contributed by atoms with Crippen molar-refractivity contribution in [2.24, 2.45) is 0 Å². The number of nitrogens with one attached hydrogen (secondary N) is 1. The Morgan fingerprint density at radius 3 is 2.71 bits per heavy atom. The number of amides is 1. The lowest BCUT2D eigenvalue weighted by Crippen LogP contribution is -2.28. The topological polar surface area (TPSA) is 76.9 Å². The van der Waals surface area contributed by atoms with Crippen molar-refractivity contribution in [1.82, 2.24) is 13.9 Å². The summed E-state index contributed by atoms with van der Waals surface area (Å²) in [7, 11) is 0. The molecule has 0 saturated carbocycles. The summed E-state index contributed by atoms with van der Waals surface area (Å²) in [6.45, 7) is 1.66. The van der Waals surface area contributed by atoms with Crippen molar-refractivity contribution < 1.29 is 4.79 Å². The molecule has 0 aliphatic carbocycles. The number of hydrogen-bond acceptors (Lipinski definition) is 6. The van der Waals surface area contributed by atoms with E-state index in [-0.39, 0.29) is 18.0 Å². The molecule has 28 heavy (non-hydrogen) atoms. The van der Waals surface area contributed by atoms with Crippen LogP contribution in [-0.4, -0.2) is 19.8 Å². The van der Waals surface area contributed by atoms with Gasteiger partial charge in [0, 0.05) is 9.79 Å². The quantitative estimate of drug-likeness (QED) is 0.541. The predicted molar refractivity (Wildman–Crippen MR) is 112 cm³/mol. The standard InChI is InChI=1S/C20H16N4O2S2/c1-13-18-19(28-23-13)21-12-24(20(18)26)11-17(25)22-15-9-5-6-10-16(15)27-14-7-3-2-4-8-14/h2-10,12H,11H2,1H3,(H,22,25). The molecule has 0 atom stereocenters. The van der Waals surface area contributed by atoms with Crippen LogP contribution in [-0.2, 0) is 11.3 Å². The van der Waals surface area contributed by atoms with Gasteiger partial charge in [-0.25, -0.2) is 4.98 Å². The van der Waals surface area contributed by atoms with E-state index in [4.69, 9.17) is 0 Å². The van der Waals surface area contributed by atoms with Gasteiger partial charge in [-0.15, -0.1) is 0 Å². The molecule has 2 aromatic heterocycles. The van der Waals surface area contributed by atoms with E-state index < -0.39 is 0 Å². The van der Waals surface area contributed by atoms with Crippen LogP contribution in [0.4, 0.5) is 5.69 Å². The molecule has 8 heteroatoms. The maximum atomic E-state index is 12.6. The molecular formula is C20H16N4O2S2. The zero-order valence-electron chi connectivity index (χ0n) is 15.0. The van der Waals surface area contributed by atoms with Crippen LogP contribution in [0.25, 0.3) is 10.2 Å². The molecule has 4 rings (SSSR count). The maximum absolute atomic E-state index is 12.6. The van der Waals surface area contributed by atoms with Gasteiger partial charge in [-0.3, -0.25) is 14.2 Å². The first-order valence-electron chi connectivity index (χ1n) is 8.55. The van der Waals surface area contributed by atoms with Crippen molar-refractivity contribution in [3.63, 3.8) is 0 Å². The Kier molecular flexibility index (Phi) is 5.23. The molecule has 0 spiro atoms. The second kappa shape index (κ2) is 7.95. The SMILES string of the molecule is Cc1nsc2ncn(CC(=O)Nc3ccccc3Sc3ccccc3)c(=O)c12. The van der Waals surface area contributed by atoms with Crippen molar-refractivity contribution in [2.45, 2.75) is 23.3 Å². The number of fused-ring (bicyclic) bond motifs is 1. The molecule has 0 saturated heterocycles. The van der Waals surface area contributed by atoms with Crippen molar-refractivity contribution in [2.75, 3.05) is 5.32 Å². The monoisotopic (exact) mass is 408 g/mol. The minimum atomic E-state index is -0.287. The summed E-state index contributed by atoms with van der Waals surface area (Å²) in [6, 6.07) is 17.5. The van der Waals surface area contributed by atoms with E-state index in [9.17, 15) is 9.59 Å². The smallest absolute Gasteiger partial charge is 0.264 e. The van der Waals surface area contributed by atoms with E-state index in [1.54, 1.807) is 18.7 Å². The Morgan fingerprint density at radius 1 is 1.14 bits per heavy atom. The number of para-hydroxylation sites is 1. The van der Waals surface area contributed by atoms with Gasteiger partial charge in [0.25, 0.3) is 5.56 Å². The highest BCUT2D eigenvalue weighted by Crippen LogP contribution is 2.33. The largest absolute Gasteiger partial charge is 0.323 e. The number of carbonyl (C=O) groups is 1. The zero-order valence-corrected chi connectivity index (χ0v) is 16.6. The van der Waals surface area contributed by atoms with Crippen LogP contribution in [0.3, 0.4) is 0 Å². The van der Waals surface area contributed by atoms with Crippen LogP contribution < -0.4 is 10.9 Å². The second-order valence-electron chi connectivity index (χ2n) is 6.09. The normalized spacial score (nSPS) is 10.9. The lowest BCUT2D eigenvalue weighted by Gasteiger charge is -2.11. The minimum Gasteiger partial charge on any atom is -0.323 e. The molecule has 0 radical (unpaired) electrons. The van der Waals surface area contributed by atoms with Crippen LogP contribution in [0.2, 0.25) is 0 Å². The highest BCUT2D eigenvalue weighted by atomic mass is 32.2. The molecule has 4 aromatic rings. The average Bonchev–Trinajstić information content (AvgIpc) is 3.08. The van der Waals surface area contributed by atoms with E-state index in [1.807, 2.05) is 54.6 Å². The van der Waals surface area contributed by atoms with Gasteiger partial charge in [0.15, 0.2) is 4.83 Å². The van der Waals surface area contributed by atoms with Crippen LogP contribution in [0.15, 0.2) is 75.5 Å². The fourth-order valence-electron chi connectivity index (χ4n) is 2.74. The van der Waals surface area contributed by atoms with Gasteiger partial charge in [0.1, 0.15) is 6.54 Å². The summed E-state index contributed by atoms with van der Waals surface area (Å²) in [5.41, 5.74) is 1.09. The molecule has 6 nitrogen and oxygen atoms in total. The van der Waals surface area contributed by atoms with Crippen LogP contribution in [0.1, 0.15) is 5.69 Å². The summed E-state index contributed by atoms with van der Waals surface area (Å²) >= 11 is 2.75. The van der Waals surface area contributed by atoms with Crippen molar-refractivity contribution in [3.8, 4) is 0 Å². The van der Waals surface area contributed by atoms with Gasteiger partial charge in [-0.2, -0.15) is 4.37 Å². The lowest BCUT2D eigenvalue weighted by atomic mass is 10.3. The number of nitrogens with zero attached hydrogens (tertiary/aromatic N) is 3. The fraction of sp³-hybridized carbons (Fsp3) is 0.100. The van der Waals surface area contributed by atoms with Crippen LogP contribution in [0.5, 0.6) is 0 Å². The number of benzene rings is 2. The second-order valence-corrected chi connectivity index (χ2v) is 7.95. The number of aromatic nitrogens is 3. The zero-order chi connectivity index (χ0) is 19.5. The van der Waals surface area contributed by atoms with Crippen molar-refractivity contribution >= 4 is 45.1 Å². The third-order valence-corrected chi connectivity index (χ3v) is 6.01. The van der Waals surface area contributed by atoms with E-state index in [1.165, 1.54) is 22.4 Å². The van der Waals surface area contributed by atoms with Gasteiger partial charge in [0.05, 0.1) is 23.1 Å². The van der Waals surface area contributed by atoms with Gasteiger partial charge in [-0.05, 0) is 42.7 Å². The first-order valence-corrected chi connectivity index (χ1v) is 10.1. The third kappa shape index (κ3) is 3.83. The number of rotatable bonds is 5. The van der Waals surface area contributed by atoms with Crippen molar-refractivity contribution in [1.29, 1.82) is 0 Å². The van der Waals surface area contributed by atoms with Gasteiger partial charge in [0.2, 0.25) is 5.91 Å². The lowest BCUT2D eigenvalue weighted by molar-refractivity contribution is -0.116. The molecular weight excluding hydrogens is 392 g/mol. The first kappa shape index (κ1) is 18.4. The van der Waals surface area contributed by atoms with Gasteiger partial charge >= 0.3 is 0 Å². The Morgan fingerprint density at radius 2 is 1.89 bits per heavy atom. The van der Waals surface area contributed by atoms with E-state index >= 15 is 0 Å². The predicted octanol–water partition coefficient (Wildman–Crippen LogP) is 3.95. The first-order chi connectivity index (χ1) is 13.6. The Balaban J connectivity index is 1.54. The molecule has 140 valence electrons. The van der Waals surface area contributed by atoms with Crippen LogP contribution in [0, 0.1) is 6.92 Å². The molecule has 2 aromatic carbocycles. The molecule has 0 fully saturated rings. The molecule has 2 heterocycles. The number of aryl methyl sites for hydroxylation is 1. The summed E-state index contributed by atoms with van der Waals surface area (Å²) in [5, 5.41) is 3.38. The Hall–Kier alpha value is -2.97. The molecule has 1 N–H and O–H groups in total. The Bertz CT molecular complexity index is 1200. The maximum Gasteiger partial charge on any atom is 0.264 e. The third-order valence-electron chi connectivity index (χ3n) is 4.08. The summed E-state index contributed by atoms with van der Waals surface area (Å²) in [6.07, 6.45) is 1.40. The minimum absolute atomic E-state index is 0.110. The van der Waals surface area contributed by atoms with Crippen LogP contribution >= 0.6 is 23.3 Å². The molecule has 1 amide bonds. The highest BCUT2D eigenvalue weighted by Gasteiger charge is 2.13. The van der Waals surface area contributed by atoms with E-state index in [0.29, 0.717) is 21.6 Å². The summed E-state index contributed by atoms with van der Waals surface area (Å²) < 4.78 is 5.47. The number of anilines is 1. The van der Waals surface area contributed by atoms with E-state index in [0.717, 1.165) is 9.79 Å². The molecule has 0 unspecified atom stereocenters. The summed E-state index contributed by atoms with van der Waals surface area (Å²) in [5.74, 6) is -0.287. The summed E-state index contributed by atoms with van der Waals surface area (Å²) in [4.78, 5) is 32.0. The average molecular weight is 409 g/mol. The van der Waals surface area contributed by atoms with Gasteiger partial charge < -0.3 is 5.32 Å². The van der Waals surface area contributed by atoms with E-state index in [2.05, 4.69) is 14.7 Å². The van der Waals surface area contributed by atoms with Crippen molar-refractivity contribution in [3.05, 3.63) is 77.0 Å². The molecule has 0 aliphatic heterocycles. The Labute approximate surface area is 169 Å². The number of hydrogen-bond donors (Lipinski definition) is 1. The fourth-order valence-corrected chi connectivity index (χ4v) is 4.40. The number of carbonyl (C=O) groups excluding carboxylic acids is 1. The molecule has 0 bridgehead atoms. The van der Waals surface area contributed by atoms with Gasteiger partial charge in [-0.1, -0.05) is 42.1 Å².